The molecule has 0 amide bonds. The Bertz CT molecular complexity index is 540. The van der Waals surface area contributed by atoms with Gasteiger partial charge in [0.1, 0.15) is 6.10 Å². The first-order chi connectivity index (χ1) is 12.3. The molecule has 1 aromatic carbocycles. The van der Waals surface area contributed by atoms with E-state index in [1.807, 2.05) is 6.92 Å². The molecule has 0 spiro atoms. The van der Waals surface area contributed by atoms with E-state index >= 15 is 0 Å². The number of aryl methyl sites for hydroxylation is 1. The third kappa shape index (κ3) is 7.40. The minimum absolute atomic E-state index is 0. The van der Waals surface area contributed by atoms with Gasteiger partial charge >= 0.3 is 0 Å². The van der Waals surface area contributed by atoms with Crippen LogP contribution in [-0.4, -0.2) is 56.9 Å². The molecule has 5 nitrogen and oxygen atoms in total. The van der Waals surface area contributed by atoms with E-state index in [2.05, 4.69) is 48.3 Å². The average molecular weight is 475 g/mol. The number of guanidine groups is 1. The smallest absolute Gasteiger partial charge is 0.194 e. The highest BCUT2D eigenvalue weighted by molar-refractivity contribution is 14.0. The Balaban J connectivity index is 0.00000338. The molecule has 1 atom stereocenters. The van der Waals surface area contributed by atoms with Crippen LogP contribution in [0.25, 0.3) is 0 Å². The number of morpholine rings is 1. The lowest BCUT2D eigenvalue weighted by atomic mass is 10.0. The van der Waals surface area contributed by atoms with Crippen molar-refractivity contribution in [3.05, 3.63) is 35.4 Å². The second-order valence-electron chi connectivity index (χ2n) is 6.30. The van der Waals surface area contributed by atoms with Crippen LogP contribution < -0.4 is 5.32 Å². The number of hydrogen-bond donors (Lipinski definition) is 1. The second-order valence-corrected chi connectivity index (χ2v) is 6.30. The summed E-state index contributed by atoms with van der Waals surface area (Å²) in [6, 6.07) is 8.48. The quantitative estimate of drug-likeness (QED) is 0.269. The fraction of sp³-hybridized carbons (Fsp3) is 0.650. The van der Waals surface area contributed by atoms with Crippen molar-refractivity contribution in [2.75, 3.05) is 46.0 Å². The zero-order valence-corrected chi connectivity index (χ0v) is 18.7. The van der Waals surface area contributed by atoms with E-state index in [1.165, 1.54) is 11.1 Å². The maximum atomic E-state index is 6.03. The molecule has 26 heavy (non-hydrogen) atoms. The van der Waals surface area contributed by atoms with Crippen LogP contribution in [0.5, 0.6) is 0 Å². The van der Waals surface area contributed by atoms with Crippen LogP contribution in [0, 0.1) is 6.92 Å². The van der Waals surface area contributed by atoms with Crippen molar-refractivity contribution in [2.24, 2.45) is 4.99 Å². The molecule has 0 aromatic heterocycles. The van der Waals surface area contributed by atoms with Gasteiger partial charge in [-0.25, -0.2) is 0 Å². The molecule has 1 fully saturated rings. The standard InChI is InChI=1S/C20H33N3O2.HI/c1-4-21-20(22-12-8-9-14-24-5-2)23-13-15-25-19(16-23)18-11-7-6-10-17(18)3;/h6-7,10-11,19H,4-5,8-9,12-16H2,1-3H3,(H,21,22);1H. The second kappa shape index (κ2) is 13.3. The minimum atomic E-state index is 0. The van der Waals surface area contributed by atoms with Gasteiger partial charge in [-0.1, -0.05) is 24.3 Å². The Morgan fingerprint density at radius 3 is 2.85 bits per heavy atom. The van der Waals surface area contributed by atoms with Gasteiger partial charge in [0.15, 0.2) is 5.96 Å². The zero-order valence-electron chi connectivity index (χ0n) is 16.4. The van der Waals surface area contributed by atoms with Crippen LogP contribution >= 0.6 is 24.0 Å². The number of unbranched alkanes of at least 4 members (excludes halogenated alkanes) is 1. The molecule has 148 valence electrons. The monoisotopic (exact) mass is 475 g/mol. The van der Waals surface area contributed by atoms with Crippen molar-refractivity contribution >= 4 is 29.9 Å². The summed E-state index contributed by atoms with van der Waals surface area (Å²) in [6.07, 6.45) is 2.23. The maximum absolute atomic E-state index is 6.03. The van der Waals surface area contributed by atoms with Gasteiger partial charge in [0.2, 0.25) is 0 Å². The fourth-order valence-electron chi connectivity index (χ4n) is 3.05. The summed E-state index contributed by atoms with van der Waals surface area (Å²) in [7, 11) is 0. The van der Waals surface area contributed by atoms with Gasteiger partial charge in [-0.2, -0.15) is 0 Å². The first-order valence-corrected chi connectivity index (χ1v) is 9.54. The molecule has 1 aliphatic rings. The summed E-state index contributed by atoms with van der Waals surface area (Å²) in [5.74, 6) is 1.00. The van der Waals surface area contributed by atoms with Crippen LogP contribution in [0.2, 0.25) is 0 Å². The number of rotatable bonds is 8. The number of halogens is 1. The predicted molar refractivity (Wildman–Crippen MR) is 119 cm³/mol. The fourth-order valence-corrected chi connectivity index (χ4v) is 3.05. The van der Waals surface area contributed by atoms with Gasteiger partial charge < -0.3 is 19.7 Å². The summed E-state index contributed by atoms with van der Waals surface area (Å²) in [4.78, 5) is 7.13. The molecule has 1 heterocycles. The average Bonchev–Trinajstić information content (AvgIpc) is 2.64. The molecule has 0 aliphatic carbocycles. The van der Waals surface area contributed by atoms with Crippen LogP contribution in [0.1, 0.15) is 43.9 Å². The molecular weight excluding hydrogens is 441 g/mol. The minimum Gasteiger partial charge on any atom is -0.382 e. The van der Waals surface area contributed by atoms with Crippen LogP contribution in [0.3, 0.4) is 0 Å². The molecule has 1 unspecified atom stereocenters. The van der Waals surface area contributed by atoms with Gasteiger partial charge in [-0.15, -0.1) is 24.0 Å². The highest BCUT2D eigenvalue weighted by Gasteiger charge is 2.24. The van der Waals surface area contributed by atoms with E-state index < -0.39 is 0 Å². The van der Waals surface area contributed by atoms with Crippen molar-refractivity contribution in [2.45, 2.75) is 39.7 Å². The van der Waals surface area contributed by atoms with E-state index in [1.54, 1.807) is 0 Å². The molecule has 1 aromatic rings. The van der Waals surface area contributed by atoms with Gasteiger partial charge in [0.05, 0.1) is 13.2 Å². The predicted octanol–water partition coefficient (Wildman–Crippen LogP) is 3.77. The third-order valence-electron chi connectivity index (χ3n) is 4.40. The highest BCUT2D eigenvalue weighted by Crippen LogP contribution is 2.24. The Hall–Kier alpha value is -0.860. The molecule has 1 aliphatic heterocycles. The lowest BCUT2D eigenvalue weighted by Crippen LogP contribution is -2.48. The molecule has 0 radical (unpaired) electrons. The SMILES string of the molecule is CCNC(=NCCCCOCC)N1CCOC(c2ccccc2C)C1.I. The molecule has 0 saturated carbocycles. The number of benzene rings is 1. The van der Waals surface area contributed by atoms with Crippen LogP contribution in [0.4, 0.5) is 0 Å². The van der Waals surface area contributed by atoms with Gasteiger partial charge in [-0.3, -0.25) is 4.99 Å². The lowest BCUT2D eigenvalue weighted by Gasteiger charge is -2.35. The van der Waals surface area contributed by atoms with Crippen LogP contribution in [-0.2, 0) is 9.47 Å². The normalized spacial score (nSPS) is 17.7. The van der Waals surface area contributed by atoms with E-state index in [-0.39, 0.29) is 30.1 Å². The van der Waals surface area contributed by atoms with Crippen molar-refractivity contribution < 1.29 is 9.47 Å². The Morgan fingerprint density at radius 1 is 1.31 bits per heavy atom. The summed E-state index contributed by atoms with van der Waals surface area (Å²) < 4.78 is 11.4. The van der Waals surface area contributed by atoms with Crippen molar-refractivity contribution in [3.8, 4) is 0 Å². The molecule has 6 heteroatoms. The maximum Gasteiger partial charge on any atom is 0.194 e. The van der Waals surface area contributed by atoms with E-state index in [0.29, 0.717) is 0 Å². The van der Waals surface area contributed by atoms with Crippen molar-refractivity contribution in [1.82, 2.24) is 10.2 Å². The third-order valence-corrected chi connectivity index (χ3v) is 4.40. The van der Waals surface area contributed by atoms with Gasteiger partial charge in [-0.05, 0) is 44.7 Å². The molecule has 0 bridgehead atoms. The number of hydrogen-bond acceptors (Lipinski definition) is 3. The molecule has 2 rings (SSSR count). The van der Waals surface area contributed by atoms with E-state index in [9.17, 15) is 0 Å². The lowest BCUT2D eigenvalue weighted by molar-refractivity contribution is -0.00833. The Morgan fingerprint density at radius 2 is 2.12 bits per heavy atom. The van der Waals surface area contributed by atoms with E-state index in [0.717, 1.165) is 64.8 Å². The summed E-state index contributed by atoms with van der Waals surface area (Å²) in [6.45, 7) is 12.1. The topological polar surface area (TPSA) is 46.1 Å². The zero-order chi connectivity index (χ0) is 17.9. The summed E-state index contributed by atoms with van der Waals surface area (Å²) in [5, 5.41) is 3.43. The number of nitrogens with one attached hydrogen (secondary N) is 1. The van der Waals surface area contributed by atoms with Gasteiger partial charge in [0, 0.05) is 32.8 Å². The van der Waals surface area contributed by atoms with Crippen molar-refractivity contribution in [1.29, 1.82) is 0 Å². The molecule has 1 N–H and O–H groups in total. The first kappa shape index (κ1) is 23.2. The Labute approximate surface area is 175 Å². The molecule has 1 saturated heterocycles. The number of ether oxygens (including phenoxy) is 2. The summed E-state index contributed by atoms with van der Waals surface area (Å²) in [5.41, 5.74) is 2.56. The summed E-state index contributed by atoms with van der Waals surface area (Å²) >= 11 is 0. The highest BCUT2D eigenvalue weighted by atomic mass is 127. The largest absolute Gasteiger partial charge is 0.382 e. The first-order valence-electron chi connectivity index (χ1n) is 9.54. The van der Waals surface area contributed by atoms with E-state index in [4.69, 9.17) is 14.5 Å². The molecular formula is C20H34IN3O2. The van der Waals surface area contributed by atoms with Gasteiger partial charge in [0.25, 0.3) is 0 Å². The number of aliphatic imine (C=N–C) groups is 1. The number of nitrogens with zero attached hydrogens (tertiary/aromatic N) is 2. The van der Waals surface area contributed by atoms with Crippen molar-refractivity contribution in [3.63, 3.8) is 0 Å². The Kier molecular flexibility index (Phi) is 11.9. The van der Waals surface area contributed by atoms with Crippen LogP contribution in [0.15, 0.2) is 29.3 Å².